The monoisotopic (exact) mass is 366 g/mol. The molecule has 0 radical (unpaired) electrons. The molecule has 2 aromatic rings. The summed E-state index contributed by atoms with van der Waals surface area (Å²) >= 11 is 2.44. The van der Waals surface area contributed by atoms with Crippen molar-refractivity contribution in [2.45, 2.75) is 25.8 Å². The molecule has 0 aliphatic heterocycles. The van der Waals surface area contributed by atoms with E-state index in [1.165, 1.54) is 14.7 Å². The second kappa shape index (κ2) is 6.48. The third-order valence-electron chi connectivity index (χ3n) is 3.52. The van der Waals surface area contributed by atoms with E-state index in [-0.39, 0.29) is 6.04 Å². The van der Waals surface area contributed by atoms with Gasteiger partial charge in [0.2, 0.25) is 0 Å². The summed E-state index contributed by atoms with van der Waals surface area (Å²) in [5.74, 6) is 0.335. The molecule has 2 unspecified atom stereocenters. The first-order chi connectivity index (χ1) is 9.15. The highest BCUT2D eigenvalue weighted by Crippen LogP contribution is 2.32. The van der Waals surface area contributed by atoms with Crippen LogP contribution in [-0.4, -0.2) is 12.0 Å². The molecule has 0 bridgehead atoms. The summed E-state index contributed by atoms with van der Waals surface area (Å²) < 4.78 is 1.34. The fourth-order valence-corrected chi connectivity index (χ4v) is 3.10. The minimum absolute atomic E-state index is 0.279. The van der Waals surface area contributed by atoms with Gasteiger partial charge in [-0.2, -0.15) is 0 Å². The van der Waals surface area contributed by atoms with Gasteiger partial charge in [0.05, 0.1) is 0 Å². The van der Waals surface area contributed by atoms with E-state index in [9.17, 15) is 0 Å². The molecule has 3 heteroatoms. The van der Waals surface area contributed by atoms with E-state index in [0.717, 1.165) is 5.69 Å². The Balaban J connectivity index is 2.37. The van der Waals surface area contributed by atoms with E-state index in [1.807, 2.05) is 25.4 Å². The molecule has 0 amide bonds. The second-order valence-corrected chi connectivity index (χ2v) is 5.87. The maximum Gasteiger partial charge on any atom is 0.0450 e. The molecule has 2 nitrogen and oxygen atoms in total. The van der Waals surface area contributed by atoms with E-state index in [2.05, 4.69) is 71.0 Å². The van der Waals surface area contributed by atoms with Gasteiger partial charge in [-0.05, 0) is 59.8 Å². The molecular formula is C16H19IN2. The number of rotatable bonds is 4. The maximum atomic E-state index is 4.48. The molecule has 1 heterocycles. The molecule has 0 aliphatic rings. The van der Waals surface area contributed by atoms with Crippen LogP contribution in [0.5, 0.6) is 0 Å². The fourth-order valence-electron chi connectivity index (χ4n) is 2.40. The lowest BCUT2D eigenvalue weighted by Gasteiger charge is -2.25. The Kier molecular flexibility index (Phi) is 4.93. The van der Waals surface area contributed by atoms with Gasteiger partial charge in [0, 0.05) is 27.4 Å². The molecule has 0 fully saturated rings. The highest BCUT2D eigenvalue weighted by molar-refractivity contribution is 14.1. The Hall–Kier alpha value is -0.940. The summed E-state index contributed by atoms with van der Waals surface area (Å²) in [6.07, 6.45) is 1.86. The van der Waals surface area contributed by atoms with Crippen molar-refractivity contribution >= 4 is 22.6 Å². The first-order valence-corrected chi connectivity index (χ1v) is 7.56. The highest BCUT2D eigenvalue weighted by Gasteiger charge is 2.22. The Bertz CT molecular complexity index is 540. The third kappa shape index (κ3) is 3.15. The number of nitrogens with one attached hydrogen (secondary N) is 1. The number of hydrogen-bond donors (Lipinski definition) is 1. The first-order valence-electron chi connectivity index (χ1n) is 6.48. The molecule has 19 heavy (non-hydrogen) atoms. The van der Waals surface area contributed by atoms with Crippen LogP contribution in [-0.2, 0) is 0 Å². The molecule has 0 saturated carbocycles. The quantitative estimate of drug-likeness (QED) is 0.826. The summed E-state index contributed by atoms with van der Waals surface area (Å²) in [6, 6.07) is 12.9. The Morgan fingerprint density at radius 3 is 2.58 bits per heavy atom. The fraction of sp³-hybridized carbons (Fsp3) is 0.312. The van der Waals surface area contributed by atoms with Crippen LogP contribution >= 0.6 is 22.6 Å². The van der Waals surface area contributed by atoms with E-state index < -0.39 is 0 Å². The van der Waals surface area contributed by atoms with Gasteiger partial charge in [-0.25, -0.2) is 0 Å². The lowest BCUT2D eigenvalue weighted by Crippen LogP contribution is -2.24. The van der Waals surface area contributed by atoms with Crippen LogP contribution in [0.25, 0.3) is 0 Å². The Labute approximate surface area is 128 Å². The van der Waals surface area contributed by atoms with Crippen molar-refractivity contribution in [2.24, 2.45) is 0 Å². The van der Waals surface area contributed by atoms with Crippen LogP contribution < -0.4 is 5.32 Å². The van der Waals surface area contributed by atoms with Gasteiger partial charge in [-0.3, -0.25) is 4.98 Å². The Morgan fingerprint density at radius 1 is 1.16 bits per heavy atom. The van der Waals surface area contributed by atoms with E-state index >= 15 is 0 Å². The molecule has 0 spiro atoms. The summed E-state index contributed by atoms with van der Waals surface area (Å²) in [5.41, 5.74) is 3.80. The number of likely N-dealkylation sites (N-methyl/N-ethyl adjacent to an activating group) is 1. The molecule has 0 aliphatic carbocycles. The largest absolute Gasteiger partial charge is 0.312 e. The zero-order chi connectivity index (χ0) is 13.8. The second-order valence-electron chi connectivity index (χ2n) is 4.79. The molecule has 1 aromatic heterocycles. The topological polar surface area (TPSA) is 24.9 Å². The molecule has 100 valence electrons. The Morgan fingerprint density at radius 2 is 1.95 bits per heavy atom. The van der Waals surface area contributed by atoms with Crippen molar-refractivity contribution in [3.05, 3.63) is 63.0 Å². The van der Waals surface area contributed by atoms with Crippen molar-refractivity contribution in [3.63, 3.8) is 0 Å². The smallest absolute Gasteiger partial charge is 0.0450 e. The average molecular weight is 366 g/mol. The van der Waals surface area contributed by atoms with Crippen LogP contribution in [0.4, 0.5) is 0 Å². The minimum atomic E-state index is 0.279. The zero-order valence-corrected chi connectivity index (χ0v) is 13.7. The van der Waals surface area contributed by atoms with Crippen LogP contribution in [0.1, 0.15) is 35.7 Å². The van der Waals surface area contributed by atoms with Gasteiger partial charge in [0.25, 0.3) is 0 Å². The van der Waals surface area contributed by atoms with Gasteiger partial charge in [0.15, 0.2) is 0 Å². The molecule has 2 rings (SSSR count). The molecule has 0 saturated heterocycles. The van der Waals surface area contributed by atoms with Gasteiger partial charge in [0.1, 0.15) is 0 Å². The van der Waals surface area contributed by atoms with Crippen molar-refractivity contribution in [1.82, 2.24) is 10.3 Å². The predicted octanol–water partition coefficient (Wildman–Crippen LogP) is 4.06. The normalized spacial score (nSPS) is 14.1. The zero-order valence-electron chi connectivity index (χ0n) is 11.5. The van der Waals surface area contributed by atoms with E-state index in [1.54, 1.807) is 0 Å². The van der Waals surface area contributed by atoms with Crippen molar-refractivity contribution in [3.8, 4) is 0 Å². The third-order valence-corrected chi connectivity index (χ3v) is 5.00. The first kappa shape index (κ1) is 14.5. The lowest BCUT2D eigenvalue weighted by atomic mass is 9.91. The number of halogens is 1. The molecule has 2 atom stereocenters. The molecule has 1 aromatic carbocycles. The molecule has 1 N–H and O–H groups in total. The summed E-state index contributed by atoms with van der Waals surface area (Å²) in [4.78, 5) is 4.48. The van der Waals surface area contributed by atoms with Gasteiger partial charge in [-0.1, -0.05) is 31.2 Å². The minimum Gasteiger partial charge on any atom is -0.312 e. The maximum absolute atomic E-state index is 4.48. The van der Waals surface area contributed by atoms with E-state index in [0.29, 0.717) is 5.92 Å². The van der Waals surface area contributed by atoms with Crippen molar-refractivity contribution < 1.29 is 0 Å². The number of benzene rings is 1. The van der Waals surface area contributed by atoms with Gasteiger partial charge >= 0.3 is 0 Å². The number of nitrogens with zero attached hydrogens (tertiary/aromatic N) is 1. The highest BCUT2D eigenvalue weighted by atomic mass is 127. The van der Waals surface area contributed by atoms with Gasteiger partial charge < -0.3 is 5.32 Å². The predicted molar refractivity (Wildman–Crippen MR) is 88.3 cm³/mol. The summed E-state index contributed by atoms with van der Waals surface area (Å²) in [5, 5.41) is 3.44. The molecular weight excluding hydrogens is 347 g/mol. The average Bonchev–Trinajstić information content (AvgIpc) is 2.45. The number of aromatic nitrogens is 1. The summed E-state index contributed by atoms with van der Waals surface area (Å²) in [6.45, 7) is 4.38. The lowest BCUT2D eigenvalue weighted by molar-refractivity contribution is 0.497. The standard InChI is InChI=1S/C16H19IN2/c1-11-7-6-8-13(15(11)17)16(18-3)12(2)14-9-4-5-10-19-14/h4-10,12,16,18H,1-3H3. The van der Waals surface area contributed by atoms with Crippen molar-refractivity contribution in [2.75, 3.05) is 7.05 Å². The summed E-state index contributed by atoms with van der Waals surface area (Å²) in [7, 11) is 2.02. The number of pyridine rings is 1. The van der Waals surface area contributed by atoms with Crippen LogP contribution in [0, 0.1) is 10.5 Å². The van der Waals surface area contributed by atoms with Crippen LogP contribution in [0.15, 0.2) is 42.6 Å². The van der Waals surface area contributed by atoms with E-state index in [4.69, 9.17) is 0 Å². The van der Waals surface area contributed by atoms with Crippen molar-refractivity contribution in [1.29, 1.82) is 0 Å². The van der Waals surface area contributed by atoms with Crippen LogP contribution in [0.2, 0.25) is 0 Å². The number of hydrogen-bond acceptors (Lipinski definition) is 2. The van der Waals surface area contributed by atoms with Gasteiger partial charge in [-0.15, -0.1) is 0 Å². The SMILES string of the molecule is CNC(c1cccc(C)c1I)C(C)c1ccccn1. The number of aryl methyl sites for hydroxylation is 1. The van der Waals surface area contributed by atoms with Crippen LogP contribution in [0.3, 0.4) is 0 Å².